The molecule has 1 aliphatic carbocycles. The molecule has 60 valence electrons. The number of nitrogens with zero attached hydrogens (tertiary/aromatic N) is 2. The maximum atomic E-state index is 8.59. The quantitative estimate of drug-likeness (QED) is 0.620. The third kappa shape index (κ3) is 1.28. The third-order valence-corrected chi connectivity index (χ3v) is 2.27. The van der Waals surface area contributed by atoms with Gasteiger partial charge in [-0.2, -0.15) is 5.26 Å². The molecule has 0 spiro atoms. The van der Waals surface area contributed by atoms with Crippen LogP contribution >= 0.6 is 11.6 Å². The summed E-state index contributed by atoms with van der Waals surface area (Å²) in [7, 11) is 0. The van der Waals surface area contributed by atoms with Crippen LogP contribution in [0.1, 0.15) is 30.0 Å². The smallest absolute Gasteiger partial charge is 0.147 e. The Balaban J connectivity index is 2.38. The van der Waals surface area contributed by atoms with Crippen LogP contribution in [0.4, 0.5) is 0 Å². The SMILES string of the molecule is N#Cc1ccc(C2CC2)nc1Cl. The summed E-state index contributed by atoms with van der Waals surface area (Å²) >= 11 is 5.77. The number of rotatable bonds is 1. The molecule has 0 atom stereocenters. The molecule has 0 aliphatic heterocycles. The second-order valence-electron chi connectivity index (χ2n) is 2.96. The zero-order valence-electron chi connectivity index (χ0n) is 6.42. The lowest BCUT2D eigenvalue weighted by molar-refractivity contribution is 1.02. The van der Waals surface area contributed by atoms with Crippen LogP contribution in [0, 0.1) is 11.3 Å². The summed E-state index contributed by atoms with van der Waals surface area (Å²) in [5, 5.41) is 8.92. The van der Waals surface area contributed by atoms with E-state index in [0.717, 1.165) is 5.69 Å². The first kappa shape index (κ1) is 7.57. The van der Waals surface area contributed by atoms with E-state index < -0.39 is 0 Å². The van der Waals surface area contributed by atoms with Crippen molar-refractivity contribution < 1.29 is 0 Å². The molecule has 0 N–H and O–H groups in total. The van der Waals surface area contributed by atoms with Gasteiger partial charge in [0.25, 0.3) is 0 Å². The Bertz CT molecular complexity index is 350. The van der Waals surface area contributed by atoms with Crippen molar-refractivity contribution in [3.8, 4) is 6.07 Å². The summed E-state index contributed by atoms with van der Waals surface area (Å²) in [5.41, 5.74) is 1.49. The van der Waals surface area contributed by atoms with Gasteiger partial charge in [-0.1, -0.05) is 11.6 Å². The molecule has 1 fully saturated rings. The predicted octanol–water partition coefficient (Wildman–Crippen LogP) is 2.48. The van der Waals surface area contributed by atoms with Crippen molar-refractivity contribution in [3.05, 3.63) is 28.5 Å². The largest absolute Gasteiger partial charge is 0.239 e. The first-order valence-corrected chi connectivity index (χ1v) is 4.25. The molecule has 1 aromatic rings. The van der Waals surface area contributed by atoms with Gasteiger partial charge in [-0.25, -0.2) is 4.98 Å². The van der Waals surface area contributed by atoms with Crippen LogP contribution in [0.25, 0.3) is 0 Å². The molecule has 0 amide bonds. The highest BCUT2D eigenvalue weighted by Gasteiger charge is 2.25. The van der Waals surface area contributed by atoms with Gasteiger partial charge >= 0.3 is 0 Å². The topological polar surface area (TPSA) is 36.7 Å². The molecular formula is C9H7ClN2. The Morgan fingerprint density at radius 1 is 1.50 bits per heavy atom. The highest BCUT2D eigenvalue weighted by Crippen LogP contribution is 2.39. The van der Waals surface area contributed by atoms with Crippen LogP contribution in [0.5, 0.6) is 0 Å². The maximum absolute atomic E-state index is 8.59. The van der Waals surface area contributed by atoms with Crippen molar-refractivity contribution in [2.75, 3.05) is 0 Å². The average Bonchev–Trinajstić information content (AvgIpc) is 2.86. The van der Waals surface area contributed by atoms with E-state index in [4.69, 9.17) is 16.9 Å². The Morgan fingerprint density at radius 2 is 2.25 bits per heavy atom. The van der Waals surface area contributed by atoms with Crippen LogP contribution < -0.4 is 0 Å². The van der Waals surface area contributed by atoms with E-state index >= 15 is 0 Å². The Kier molecular flexibility index (Phi) is 1.74. The first-order chi connectivity index (χ1) is 5.81. The van der Waals surface area contributed by atoms with Crippen LogP contribution in [-0.4, -0.2) is 4.98 Å². The van der Waals surface area contributed by atoms with E-state index in [2.05, 4.69) is 4.98 Å². The van der Waals surface area contributed by atoms with Crippen molar-refractivity contribution in [2.45, 2.75) is 18.8 Å². The molecule has 2 nitrogen and oxygen atoms in total. The minimum atomic E-state index is 0.335. The first-order valence-electron chi connectivity index (χ1n) is 3.88. The summed E-state index contributed by atoms with van der Waals surface area (Å²) < 4.78 is 0. The van der Waals surface area contributed by atoms with Gasteiger partial charge in [0.15, 0.2) is 0 Å². The fourth-order valence-electron chi connectivity index (χ4n) is 1.14. The molecule has 0 saturated heterocycles. The van der Waals surface area contributed by atoms with Crippen LogP contribution in [-0.2, 0) is 0 Å². The molecule has 3 heteroatoms. The van der Waals surface area contributed by atoms with Crippen LogP contribution in [0.15, 0.2) is 12.1 Å². The van der Waals surface area contributed by atoms with Gasteiger partial charge in [-0.3, -0.25) is 0 Å². The van der Waals surface area contributed by atoms with E-state index in [1.165, 1.54) is 12.8 Å². The second kappa shape index (κ2) is 2.76. The normalized spacial score (nSPS) is 15.7. The molecule has 0 aromatic carbocycles. The van der Waals surface area contributed by atoms with Gasteiger partial charge < -0.3 is 0 Å². The van der Waals surface area contributed by atoms with E-state index in [-0.39, 0.29) is 0 Å². The number of nitriles is 1. The second-order valence-corrected chi connectivity index (χ2v) is 3.32. The Morgan fingerprint density at radius 3 is 2.75 bits per heavy atom. The molecule has 1 saturated carbocycles. The number of hydrogen-bond acceptors (Lipinski definition) is 2. The van der Waals surface area contributed by atoms with Crippen molar-refractivity contribution in [3.63, 3.8) is 0 Å². The standard InChI is InChI=1S/C9H7ClN2/c10-9-7(5-11)3-4-8(12-9)6-1-2-6/h3-4,6H,1-2H2. The maximum Gasteiger partial charge on any atom is 0.147 e. The van der Waals surface area contributed by atoms with E-state index in [1.807, 2.05) is 12.1 Å². The highest BCUT2D eigenvalue weighted by molar-refractivity contribution is 6.30. The fourth-order valence-corrected chi connectivity index (χ4v) is 1.34. The van der Waals surface area contributed by atoms with E-state index in [9.17, 15) is 0 Å². The summed E-state index contributed by atoms with van der Waals surface area (Å²) in [6.45, 7) is 0. The van der Waals surface area contributed by atoms with Gasteiger partial charge in [0.1, 0.15) is 11.2 Å². The van der Waals surface area contributed by atoms with E-state index in [0.29, 0.717) is 16.6 Å². The zero-order chi connectivity index (χ0) is 8.55. The van der Waals surface area contributed by atoms with Crippen molar-refractivity contribution in [1.29, 1.82) is 5.26 Å². The van der Waals surface area contributed by atoms with Crippen molar-refractivity contribution in [2.24, 2.45) is 0 Å². The minimum absolute atomic E-state index is 0.335. The van der Waals surface area contributed by atoms with Gasteiger partial charge in [0.05, 0.1) is 5.56 Å². The number of hydrogen-bond donors (Lipinski definition) is 0. The lowest BCUT2D eigenvalue weighted by atomic mass is 10.2. The molecule has 12 heavy (non-hydrogen) atoms. The Labute approximate surface area is 75.8 Å². The monoisotopic (exact) mass is 178 g/mol. The van der Waals surface area contributed by atoms with Gasteiger partial charge in [0, 0.05) is 11.6 Å². The van der Waals surface area contributed by atoms with Gasteiger partial charge in [-0.05, 0) is 25.0 Å². The summed E-state index contributed by atoms with van der Waals surface area (Å²) in [5.74, 6) is 0.593. The molecular weight excluding hydrogens is 172 g/mol. The minimum Gasteiger partial charge on any atom is -0.239 e. The van der Waals surface area contributed by atoms with Gasteiger partial charge in [0.2, 0.25) is 0 Å². The number of aromatic nitrogens is 1. The van der Waals surface area contributed by atoms with Crippen LogP contribution in [0.2, 0.25) is 5.15 Å². The molecule has 0 bridgehead atoms. The lowest BCUT2D eigenvalue weighted by Gasteiger charge is -1.98. The molecule has 1 aliphatic rings. The predicted molar refractivity (Wildman–Crippen MR) is 45.9 cm³/mol. The van der Waals surface area contributed by atoms with Gasteiger partial charge in [-0.15, -0.1) is 0 Å². The average molecular weight is 179 g/mol. The molecule has 2 rings (SSSR count). The molecule has 0 radical (unpaired) electrons. The molecule has 0 unspecified atom stereocenters. The highest BCUT2D eigenvalue weighted by atomic mass is 35.5. The third-order valence-electron chi connectivity index (χ3n) is 1.99. The van der Waals surface area contributed by atoms with Crippen LogP contribution in [0.3, 0.4) is 0 Å². The number of pyridine rings is 1. The van der Waals surface area contributed by atoms with E-state index in [1.54, 1.807) is 6.07 Å². The molecule has 1 heterocycles. The summed E-state index contributed by atoms with van der Waals surface area (Å²) in [6, 6.07) is 5.62. The lowest BCUT2D eigenvalue weighted by Crippen LogP contribution is -1.88. The Hall–Kier alpha value is -1.07. The summed E-state index contributed by atoms with van der Waals surface area (Å²) in [4.78, 5) is 4.15. The summed E-state index contributed by atoms with van der Waals surface area (Å²) in [6.07, 6.45) is 2.41. The van der Waals surface area contributed by atoms with Crippen molar-refractivity contribution in [1.82, 2.24) is 4.98 Å². The zero-order valence-corrected chi connectivity index (χ0v) is 7.17. The molecule has 1 aromatic heterocycles. The fraction of sp³-hybridized carbons (Fsp3) is 0.333. The van der Waals surface area contributed by atoms with Crippen molar-refractivity contribution >= 4 is 11.6 Å². The number of halogens is 1.